The Balaban J connectivity index is 1.65. The van der Waals surface area contributed by atoms with Gasteiger partial charge in [0.15, 0.2) is 6.61 Å². The van der Waals surface area contributed by atoms with Gasteiger partial charge in [-0.1, -0.05) is 65.9 Å². The molecular formula is C26H28O3Si. The van der Waals surface area contributed by atoms with Gasteiger partial charge in [-0.25, -0.2) is 4.79 Å². The quantitative estimate of drug-likeness (QED) is 0.378. The Bertz CT molecular complexity index is 1040. The van der Waals surface area contributed by atoms with Crippen LogP contribution in [0.1, 0.15) is 31.9 Å². The fraction of sp³-hybridized carbons (Fsp3) is 0.269. The standard InChI is InChI=1S/C26H28O3Si/c1-17-14-19(15-18(2)25(17)28-16-24(27)29-26(3,4)5)30-22-12-8-6-10-20(22)21-11-7-9-13-23(21)30/h6-15,30H,16H2,1-5H3. The van der Waals surface area contributed by atoms with Gasteiger partial charge in [-0.05, 0) is 67.2 Å². The van der Waals surface area contributed by atoms with Gasteiger partial charge in [0.2, 0.25) is 0 Å². The van der Waals surface area contributed by atoms with Gasteiger partial charge in [-0.15, -0.1) is 0 Å². The van der Waals surface area contributed by atoms with Crippen LogP contribution >= 0.6 is 0 Å². The molecule has 4 rings (SSSR count). The van der Waals surface area contributed by atoms with Crippen molar-refractivity contribution in [3.05, 3.63) is 71.8 Å². The average Bonchev–Trinajstić information content (AvgIpc) is 3.00. The topological polar surface area (TPSA) is 35.5 Å². The minimum atomic E-state index is -1.53. The third-order valence-electron chi connectivity index (χ3n) is 5.40. The van der Waals surface area contributed by atoms with Crippen molar-refractivity contribution in [3.8, 4) is 16.9 Å². The number of carbonyl (C=O) groups excluding carboxylic acids is 1. The van der Waals surface area contributed by atoms with Gasteiger partial charge in [0.25, 0.3) is 0 Å². The van der Waals surface area contributed by atoms with Crippen LogP contribution < -0.4 is 20.3 Å². The average molecular weight is 417 g/mol. The van der Waals surface area contributed by atoms with E-state index in [-0.39, 0.29) is 12.6 Å². The molecule has 0 N–H and O–H groups in total. The highest BCUT2D eigenvalue weighted by molar-refractivity contribution is 6.99. The third-order valence-corrected chi connectivity index (χ3v) is 8.66. The van der Waals surface area contributed by atoms with E-state index in [2.05, 4.69) is 74.5 Å². The number of benzene rings is 3. The van der Waals surface area contributed by atoms with Crippen molar-refractivity contribution in [3.63, 3.8) is 0 Å². The van der Waals surface area contributed by atoms with Gasteiger partial charge in [0.1, 0.15) is 20.1 Å². The van der Waals surface area contributed by atoms with Crippen molar-refractivity contribution in [1.29, 1.82) is 0 Å². The van der Waals surface area contributed by atoms with Crippen molar-refractivity contribution in [1.82, 2.24) is 0 Å². The van der Waals surface area contributed by atoms with E-state index < -0.39 is 14.4 Å². The molecule has 0 saturated heterocycles. The lowest BCUT2D eigenvalue weighted by atomic mass is 10.1. The van der Waals surface area contributed by atoms with Crippen LogP contribution in [0.3, 0.4) is 0 Å². The molecule has 3 aromatic rings. The predicted octanol–water partition coefficient (Wildman–Crippen LogP) is 3.25. The largest absolute Gasteiger partial charge is 0.481 e. The number of carbonyl (C=O) groups is 1. The minimum absolute atomic E-state index is 0.0786. The molecule has 0 atom stereocenters. The van der Waals surface area contributed by atoms with Gasteiger partial charge >= 0.3 is 5.97 Å². The second-order valence-corrected chi connectivity index (χ2v) is 11.7. The zero-order valence-corrected chi connectivity index (χ0v) is 19.4. The maximum atomic E-state index is 12.1. The molecule has 0 amide bonds. The van der Waals surface area contributed by atoms with E-state index in [9.17, 15) is 4.79 Å². The summed E-state index contributed by atoms with van der Waals surface area (Å²) in [4.78, 5) is 12.1. The summed E-state index contributed by atoms with van der Waals surface area (Å²) in [7, 11) is -1.53. The predicted molar refractivity (Wildman–Crippen MR) is 125 cm³/mol. The summed E-state index contributed by atoms with van der Waals surface area (Å²) in [6.07, 6.45) is 0. The number of esters is 1. The molecule has 3 aromatic carbocycles. The number of aryl methyl sites for hydroxylation is 2. The van der Waals surface area contributed by atoms with Crippen LogP contribution in [0.4, 0.5) is 0 Å². The van der Waals surface area contributed by atoms with Crippen LogP contribution in [-0.2, 0) is 9.53 Å². The smallest absolute Gasteiger partial charge is 0.344 e. The summed E-state index contributed by atoms with van der Waals surface area (Å²) in [6.45, 7) is 9.61. The molecule has 0 aliphatic carbocycles. The molecular weight excluding hydrogens is 388 g/mol. The van der Waals surface area contributed by atoms with Crippen molar-refractivity contribution < 1.29 is 14.3 Å². The molecule has 0 bridgehead atoms. The molecule has 0 radical (unpaired) electrons. The number of fused-ring (bicyclic) bond motifs is 3. The molecule has 0 unspecified atom stereocenters. The minimum Gasteiger partial charge on any atom is -0.481 e. The summed E-state index contributed by atoms with van der Waals surface area (Å²) in [5, 5.41) is 4.33. The fourth-order valence-corrected chi connectivity index (χ4v) is 8.01. The summed E-state index contributed by atoms with van der Waals surface area (Å²) >= 11 is 0. The van der Waals surface area contributed by atoms with E-state index in [1.54, 1.807) is 0 Å². The van der Waals surface area contributed by atoms with E-state index in [1.165, 1.54) is 26.7 Å². The first kappa shape index (κ1) is 20.4. The second-order valence-electron chi connectivity index (χ2n) is 8.97. The van der Waals surface area contributed by atoms with Crippen LogP contribution in [0.5, 0.6) is 5.75 Å². The molecule has 1 aliphatic rings. The molecule has 3 nitrogen and oxygen atoms in total. The van der Waals surface area contributed by atoms with E-state index >= 15 is 0 Å². The Hall–Kier alpha value is -2.85. The van der Waals surface area contributed by atoms with Crippen molar-refractivity contribution in [2.24, 2.45) is 0 Å². The van der Waals surface area contributed by atoms with Crippen LogP contribution in [-0.4, -0.2) is 27.0 Å². The van der Waals surface area contributed by atoms with E-state index in [0.717, 1.165) is 16.9 Å². The van der Waals surface area contributed by atoms with E-state index in [4.69, 9.17) is 9.47 Å². The van der Waals surface area contributed by atoms with E-state index in [0.29, 0.717) is 0 Å². The van der Waals surface area contributed by atoms with Crippen LogP contribution in [0.2, 0.25) is 0 Å². The Morgan fingerprint density at radius 2 is 1.37 bits per heavy atom. The van der Waals surface area contributed by atoms with E-state index in [1.807, 2.05) is 20.8 Å². The summed E-state index contributed by atoms with van der Waals surface area (Å²) in [5.74, 6) is 0.427. The summed E-state index contributed by atoms with van der Waals surface area (Å²) in [5.41, 5.74) is 4.34. The molecule has 30 heavy (non-hydrogen) atoms. The molecule has 0 spiro atoms. The highest BCUT2D eigenvalue weighted by Crippen LogP contribution is 2.26. The first-order chi connectivity index (χ1) is 14.2. The van der Waals surface area contributed by atoms with Crippen molar-refractivity contribution >= 4 is 30.3 Å². The van der Waals surface area contributed by atoms with Gasteiger partial charge in [0, 0.05) is 0 Å². The fourth-order valence-electron chi connectivity index (χ4n) is 4.39. The zero-order valence-electron chi connectivity index (χ0n) is 18.3. The van der Waals surface area contributed by atoms with Crippen LogP contribution in [0.15, 0.2) is 60.7 Å². The molecule has 1 aliphatic heterocycles. The summed E-state index contributed by atoms with van der Waals surface area (Å²) < 4.78 is 11.2. The lowest BCUT2D eigenvalue weighted by molar-refractivity contribution is -0.157. The van der Waals surface area contributed by atoms with Crippen LogP contribution in [0.25, 0.3) is 11.1 Å². The Morgan fingerprint density at radius 1 is 0.867 bits per heavy atom. The Morgan fingerprint density at radius 3 is 1.87 bits per heavy atom. The maximum absolute atomic E-state index is 12.1. The number of rotatable bonds is 4. The first-order valence-corrected chi connectivity index (χ1v) is 12.1. The molecule has 0 aromatic heterocycles. The number of hydrogen-bond donors (Lipinski definition) is 0. The monoisotopic (exact) mass is 416 g/mol. The van der Waals surface area contributed by atoms with Crippen LogP contribution in [0, 0.1) is 13.8 Å². The third kappa shape index (κ3) is 3.92. The van der Waals surface area contributed by atoms with Gasteiger partial charge in [0.05, 0.1) is 0 Å². The SMILES string of the molecule is Cc1cc([SiH]2c3ccccc3-c3ccccc32)cc(C)c1OCC(=O)OC(C)(C)C. The normalized spacial score (nSPS) is 13.0. The number of hydrogen-bond acceptors (Lipinski definition) is 3. The lowest BCUT2D eigenvalue weighted by Gasteiger charge is -2.21. The second kappa shape index (κ2) is 7.76. The van der Waals surface area contributed by atoms with Gasteiger partial charge in [-0.2, -0.15) is 0 Å². The first-order valence-electron chi connectivity index (χ1n) is 10.4. The number of ether oxygens (including phenoxy) is 2. The Kier molecular flexibility index (Phi) is 5.29. The molecule has 0 fully saturated rings. The van der Waals surface area contributed by atoms with Gasteiger partial charge in [-0.3, -0.25) is 0 Å². The molecule has 4 heteroatoms. The molecule has 1 heterocycles. The van der Waals surface area contributed by atoms with Crippen molar-refractivity contribution in [2.45, 2.75) is 40.2 Å². The Labute approximate surface area is 180 Å². The lowest BCUT2D eigenvalue weighted by Crippen LogP contribution is -2.49. The summed E-state index contributed by atoms with van der Waals surface area (Å²) in [6, 6.07) is 22.0. The molecule has 154 valence electrons. The zero-order chi connectivity index (χ0) is 21.5. The molecule has 0 saturated carbocycles. The van der Waals surface area contributed by atoms with Crippen molar-refractivity contribution in [2.75, 3.05) is 6.61 Å². The highest BCUT2D eigenvalue weighted by atomic mass is 28.3. The van der Waals surface area contributed by atoms with Gasteiger partial charge < -0.3 is 9.47 Å². The maximum Gasteiger partial charge on any atom is 0.344 e. The highest BCUT2D eigenvalue weighted by Gasteiger charge is 2.31.